The second-order valence-electron chi connectivity index (χ2n) is 6.83. The monoisotopic (exact) mass is 405 g/mol. The molecule has 0 aliphatic carbocycles. The number of hydrogen-bond donors (Lipinski definition) is 0. The van der Waals surface area contributed by atoms with Crippen LogP contribution >= 0.6 is 0 Å². The van der Waals surface area contributed by atoms with E-state index in [1.54, 1.807) is 0 Å². The van der Waals surface area contributed by atoms with Crippen LogP contribution in [0.25, 0.3) is 0 Å². The van der Waals surface area contributed by atoms with Gasteiger partial charge in [-0.05, 0) is 0 Å². The van der Waals surface area contributed by atoms with E-state index in [1.807, 2.05) is 0 Å². The molecule has 0 fully saturated rings. The fourth-order valence-electron chi connectivity index (χ4n) is 2.85. The molecule has 2 heteroatoms. The molecular formula is C22H29MoN. The summed E-state index contributed by atoms with van der Waals surface area (Å²) < 4.78 is 7.59. The van der Waals surface area contributed by atoms with Crippen molar-refractivity contribution in [1.29, 1.82) is 0 Å². The van der Waals surface area contributed by atoms with Crippen LogP contribution in [0.4, 0.5) is 5.69 Å². The van der Waals surface area contributed by atoms with Crippen LogP contribution in [0.5, 0.6) is 0 Å². The normalized spacial score (nSPS) is 11.2. The van der Waals surface area contributed by atoms with Crippen LogP contribution in [-0.4, -0.2) is 4.40 Å². The number of benzene rings is 2. The van der Waals surface area contributed by atoms with Gasteiger partial charge < -0.3 is 0 Å². The standard InChI is InChI=1S/C12H17N.C10H12.Mo/c1-3-6-10-8-5-9-11(7-4-2)12(10)13;1-10(2,3)9-7-5-4-6-8-9;/h5,8-9H,3-4,6-7H2,1-2H3;1,4-8H,2-3H3;. The second kappa shape index (κ2) is 9.33. The summed E-state index contributed by atoms with van der Waals surface area (Å²) in [7, 11) is 0. The first-order valence-electron chi connectivity index (χ1n) is 8.96. The summed E-state index contributed by atoms with van der Waals surface area (Å²) >= 11 is -0.524. The van der Waals surface area contributed by atoms with Crippen LogP contribution in [0.1, 0.15) is 57.2 Å². The fourth-order valence-corrected chi connectivity index (χ4v) is 4.80. The van der Waals surface area contributed by atoms with Crippen LogP contribution in [0.3, 0.4) is 0 Å². The summed E-state index contributed by atoms with van der Waals surface area (Å²) in [5.41, 5.74) is 5.63. The Morgan fingerprint density at radius 3 is 2.00 bits per heavy atom. The predicted molar refractivity (Wildman–Crippen MR) is 102 cm³/mol. The average Bonchev–Trinajstić information content (AvgIpc) is 2.58. The number of rotatable bonds is 7. The molecule has 0 bridgehead atoms. The molecule has 0 aliphatic rings. The first-order valence-corrected chi connectivity index (χ1v) is 11.0. The van der Waals surface area contributed by atoms with Gasteiger partial charge in [-0.3, -0.25) is 0 Å². The summed E-state index contributed by atoms with van der Waals surface area (Å²) in [4.78, 5) is 0. The van der Waals surface area contributed by atoms with E-state index in [1.165, 1.54) is 35.2 Å². The van der Waals surface area contributed by atoms with Gasteiger partial charge in [0.1, 0.15) is 0 Å². The Morgan fingerprint density at radius 1 is 0.875 bits per heavy atom. The first kappa shape index (κ1) is 19.1. The Labute approximate surface area is 155 Å². The molecule has 0 aliphatic heterocycles. The Morgan fingerprint density at radius 2 is 1.46 bits per heavy atom. The molecule has 0 spiro atoms. The molecule has 0 unspecified atom stereocenters. The molecule has 2 aromatic rings. The summed E-state index contributed by atoms with van der Waals surface area (Å²) in [5.74, 6) is 0. The van der Waals surface area contributed by atoms with Crippen molar-refractivity contribution in [2.45, 2.75) is 58.8 Å². The van der Waals surface area contributed by atoms with Crippen molar-refractivity contribution >= 4 is 10.1 Å². The molecular weight excluding hydrogens is 374 g/mol. The van der Waals surface area contributed by atoms with E-state index in [4.69, 9.17) is 3.50 Å². The third-order valence-electron chi connectivity index (χ3n) is 4.25. The summed E-state index contributed by atoms with van der Waals surface area (Å²) in [6.07, 6.45) is 4.62. The van der Waals surface area contributed by atoms with Crippen LogP contribution in [0, 0.1) is 0 Å². The zero-order valence-electron chi connectivity index (χ0n) is 15.4. The fraction of sp³-hybridized carbons (Fsp3) is 0.409. The molecule has 0 saturated carbocycles. The number of hydrogen-bond acceptors (Lipinski definition) is 1. The van der Waals surface area contributed by atoms with Crippen LogP contribution < -0.4 is 0 Å². The van der Waals surface area contributed by atoms with E-state index in [0.717, 1.165) is 12.8 Å². The third kappa shape index (κ3) is 5.15. The maximum atomic E-state index is 5.13. The van der Waals surface area contributed by atoms with Gasteiger partial charge in [0.25, 0.3) is 0 Å². The minimum absolute atomic E-state index is 0.0949. The summed E-state index contributed by atoms with van der Waals surface area (Å²) in [6.45, 7) is 9.09. The van der Waals surface area contributed by atoms with E-state index in [-0.39, 0.29) is 5.41 Å². The second-order valence-corrected chi connectivity index (χ2v) is 8.37. The van der Waals surface area contributed by atoms with E-state index >= 15 is 0 Å². The van der Waals surface area contributed by atoms with Crippen LogP contribution in [0.2, 0.25) is 0 Å². The molecule has 0 radical (unpaired) electrons. The van der Waals surface area contributed by atoms with Gasteiger partial charge in [-0.1, -0.05) is 0 Å². The predicted octanol–water partition coefficient (Wildman–Crippen LogP) is 6.27. The van der Waals surface area contributed by atoms with Gasteiger partial charge in [0.05, 0.1) is 0 Å². The summed E-state index contributed by atoms with van der Waals surface area (Å²) in [6, 6.07) is 17.5. The van der Waals surface area contributed by atoms with Gasteiger partial charge >= 0.3 is 156 Å². The molecule has 24 heavy (non-hydrogen) atoms. The zero-order valence-corrected chi connectivity index (χ0v) is 17.4. The Bertz CT molecular complexity index is 686. The molecule has 0 N–H and O–H groups in total. The Kier molecular flexibility index (Phi) is 7.43. The van der Waals surface area contributed by atoms with Crippen LogP contribution in [0.15, 0.2) is 52.0 Å². The van der Waals surface area contributed by atoms with Crippen molar-refractivity contribution in [1.82, 2.24) is 0 Å². The van der Waals surface area contributed by atoms with Gasteiger partial charge in [-0.2, -0.15) is 0 Å². The van der Waals surface area contributed by atoms with E-state index in [0.29, 0.717) is 0 Å². The van der Waals surface area contributed by atoms with Gasteiger partial charge in [0.15, 0.2) is 0 Å². The molecule has 0 saturated heterocycles. The first-order chi connectivity index (χ1) is 11.6. The van der Waals surface area contributed by atoms with Crippen molar-refractivity contribution in [2.24, 2.45) is 3.50 Å². The van der Waals surface area contributed by atoms with Gasteiger partial charge in [-0.25, -0.2) is 0 Å². The van der Waals surface area contributed by atoms with Gasteiger partial charge in [-0.15, -0.1) is 0 Å². The van der Waals surface area contributed by atoms with Crippen molar-refractivity contribution in [3.05, 3.63) is 65.2 Å². The van der Waals surface area contributed by atoms with Gasteiger partial charge in [0.2, 0.25) is 0 Å². The average molecular weight is 403 g/mol. The Hall–Kier alpha value is -1.20. The topological polar surface area (TPSA) is 12.4 Å². The third-order valence-corrected chi connectivity index (χ3v) is 6.67. The van der Waals surface area contributed by atoms with Crippen molar-refractivity contribution in [3.8, 4) is 0 Å². The zero-order chi connectivity index (χ0) is 17.4. The molecule has 0 atom stereocenters. The van der Waals surface area contributed by atoms with E-state index in [9.17, 15) is 0 Å². The van der Waals surface area contributed by atoms with E-state index in [2.05, 4.69) is 80.6 Å². The van der Waals surface area contributed by atoms with Gasteiger partial charge in [0, 0.05) is 0 Å². The SMILES string of the molecule is CCCc1cccc(CCC)c1[N]=[Mo]=[CH]C(C)(C)c1ccccc1. The molecule has 0 aromatic heterocycles. The molecule has 2 rings (SSSR count). The van der Waals surface area contributed by atoms with E-state index < -0.39 is 17.9 Å². The molecule has 1 nitrogen and oxygen atoms in total. The Balaban J connectivity index is 2.36. The summed E-state index contributed by atoms with van der Waals surface area (Å²) in [5, 5.41) is 0. The van der Waals surface area contributed by atoms with Crippen molar-refractivity contribution in [3.63, 3.8) is 0 Å². The molecule has 2 aromatic carbocycles. The number of aryl methyl sites for hydroxylation is 2. The molecule has 0 heterocycles. The maximum absolute atomic E-state index is 5.13. The molecule has 128 valence electrons. The van der Waals surface area contributed by atoms with Crippen molar-refractivity contribution in [2.75, 3.05) is 0 Å². The quantitative estimate of drug-likeness (QED) is 0.483. The minimum atomic E-state index is -0.524. The van der Waals surface area contributed by atoms with Crippen molar-refractivity contribution < 1.29 is 17.9 Å². The number of nitrogens with zero attached hydrogens (tertiary/aromatic N) is 1. The molecule has 0 amide bonds. The van der Waals surface area contributed by atoms with Crippen LogP contribution in [-0.2, 0) is 36.2 Å².